The largest absolute Gasteiger partial charge is 0.341 e. The van der Waals surface area contributed by atoms with Crippen molar-refractivity contribution in [2.24, 2.45) is 0 Å². The van der Waals surface area contributed by atoms with Gasteiger partial charge < -0.3 is 4.90 Å². The predicted molar refractivity (Wildman–Crippen MR) is 96.6 cm³/mol. The van der Waals surface area contributed by atoms with Crippen molar-refractivity contribution in [3.8, 4) is 0 Å². The van der Waals surface area contributed by atoms with Crippen molar-refractivity contribution < 1.29 is 9.59 Å². The fraction of sp³-hybridized carbons (Fsp3) is 0.474. The fourth-order valence-electron chi connectivity index (χ4n) is 2.99. The lowest BCUT2D eigenvalue weighted by atomic mass is 10.1. The first-order valence-corrected chi connectivity index (χ1v) is 8.43. The summed E-state index contributed by atoms with van der Waals surface area (Å²) in [6.07, 6.45) is 2.47. The summed E-state index contributed by atoms with van der Waals surface area (Å²) >= 11 is 0. The molecule has 2 rings (SSSR count). The number of hydrogen-bond acceptors (Lipinski definition) is 4. The summed E-state index contributed by atoms with van der Waals surface area (Å²) in [5.74, 6) is -0.0668. The maximum absolute atomic E-state index is 12.6. The van der Waals surface area contributed by atoms with Crippen LogP contribution in [0.5, 0.6) is 0 Å². The van der Waals surface area contributed by atoms with Crippen molar-refractivity contribution in [2.45, 2.75) is 53.6 Å². The molecule has 6 heteroatoms. The number of rotatable bonds is 6. The second-order valence-electron chi connectivity index (χ2n) is 6.58. The van der Waals surface area contributed by atoms with Gasteiger partial charge in [0.2, 0.25) is 5.91 Å². The summed E-state index contributed by atoms with van der Waals surface area (Å²) in [6.45, 7) is 9.30. The van der Waals surface area contributed by atoms with Gasteiger partial charge in [0.15, 0.2) is 5.78 Å². The molecular formula is C19H26N4O2. The van der Waals surface area contributed by atoms with Crippen LogP contribution in [0.2, 0.25) is 0 Å². The molecular weight excluding hydrogens is 316 g/mol. The third-order valence-electron chi connectivity index (χ3n) is 4.68. The second kappa shape index (κ2) is 7.59. The molecule has 0 saturated heterocycles. The standard InChI is InChI=1S/C19H26N4O2/c1-12-8-7-9-20-17(12)10-13(2)22(6)18(25)11-23-15(4)19(16(5)24)14(3)21-23/h7-9,13H,10-11H2,1-6H3. The van der Waals surface area contributed by atoms with Crippen LogP contribution in [0, 0.1) is 20.8 Å². The molecule has 0 aromatic carbocycles. The summed E-state index contributed by atoms with van der Waals surface area (Å²) in [7, 11) is 1.79. The molecule has 6 nitrogen and oxygen atoms in total. The van der Waals surface area contributed by atoms with Crippen molar-refractivity contribution in [3.63, 3.8) is 0 Å². The van der Waals surface area contributed by atoms with E-state index in [2.05, 4.69) is 10.1 Å². The summed E-state index contributed by atoms with van der Waals surface area (Å²) in [5, 5.41) is 4.35. The first-order chi connectivity index (χ1) is 11.7. The van der Waals surface area contributed by atoms with Crippen LogP contribution in [-0.2, 0) is 17.8 Å². The van der Waals surface area contributed by atoms with E-state index in [0.29, 0.717) is 17.7 Å². The predicted octanol–water partition coefficient (Wildman–Crippen LogP) is 2.50. The molecule has 2 aromatic heterocycles. The SMILES string of the molecule is CC(=O)c1c(C)nn(CC(=O)N(C)C(C)Cc2ncccc2C)c1C. The number of pyridine rings is 1. The maximum Gasteiger partial charge on any atom is 0.244 e. The molecule has 0 radical (unpaired) electrons. The quantitative estimate of drug-likeness (QED) is 0.757. The zero-order valence-electron chi connectivity index (χ0n) is 15.8. The Kier molecular flexibility index (Phi) is 5.72. The number of aryl methyl sites for hydroxylation is 2. The number of amides is 1. The van der Waals surface area contributed by atoms with Gasteiger partial charge in [-0.15, -0.1) is 0 Å². The van der Waals surface area contributed by atoms with Crippen LogP contribution in [0.25, 0.3) is 0 Å². The fourth-order valence-corrected chi connectivity index (χ4v) is 2.99. The van der Waals surface area contributed by atoms with Crippen molar-refractivity contribution in [1.82, 2.24) is 19.7 Å². The lowest BCUT2D eigenvalue weighted by Gasteiger charge is -2.25. The molecule has 0 aliphatic carbocycles. The normalized spacial score (nSPS) is 12.1. The van der Waals surface area contributed by atoms with Gasteiger partial charge in [-0.3, -0.25) is 19.3 Å². The van der Waals surface area contributed by atoms with Crippen LogP contribution in [-0.4, -0.2) is 44.4 Å². The number of likely N-dealkylation sites (N-methyl/N-ethyl adjacent to an activating group) is 1. The molecule has 1 unspecified atom stereocenters. The number of ketones is 1. The molecule has 0 aliphatic rings. The third-order valence-corrected chi connectivity index (χ3v) is 4.68. The van der Waals surface area contributed by atoms with Gasteiger partial charge in [-0.1, -0.05) is 6.07 Å². The molecule has 0 bridgehead atoms. The van der Waals surface area contributed by atoms with Crippen molar-refractivity contribution in [1.29, 1.82) is 0 Å². The average molecular weight is 342 g/mol. The number of carbonyl (C=O) groups is 2. The number of nitrogens with zero attached hydrogens (tertiary/aromatic N) is 4. The van der Waals surface area contributed by atoms with Gasteiger partial charge in [0.1, 0.15) is 6.54 Å². The van der Waals surface area contributed by atoms with E-state index in [1.165, 1.54) is 6.92 Å². The molecule has 0 saturated carbocycles. The highest BCUT2D eigenvalue weighted by Crippen LogP contribution is 2.15. The topological polar surface area (TPSA) is 68.1 Å². The lowest BCUT2D eigenvalue weighted by Crippen LogP contribution is -2.39. The highest BCUT2D eigenvalue weighted by Gasteiger charge is 2.21. The Balaban J connectivity index is 2.09. The van der Waals surface area contributed by atoms with Gasteiger partial charge >= 0.3 is 0 Å². The average Bonchev–Trinajstić information content (AvgIpc) is 2.82. The Bertz CT molecular complexity index is 795. The molecule has 1 atom stereocenters. The summed E-state index contributed by atoms with van der Waals surface area (Å²) < 4.78 is 1.61. The van der Waals surface area contributed by atoms with Crippen molar-refractivity contribution in [3.05, 3.63) is 46.5 Å². The molecule has 0 spiro atoms. The van der Waals surface area contributed by atoms with Gasteiger partial charge in [0.25, 0.3) is 0 Å². The van der Waals surface area contributed by atoms with Crippen LogP contribution in [0.4, 0.5) is 0 Å². The van der Waals surface area contributed by atoms with E-state index < -0.39 is 0 Å². The van der Waals surface area contributed by atoms with E-state index in [1.807, 2.05) is 32.9 Å². The smallest absolute Gasteiger partial charge is 0.244 e. The minimum absolute atomic E-state index is 0.0188. The zero-order chi connectivity index (χ0) is 18.7. The number of carbonyl (C=O) groups excluding carboxylic acids is 2. The minimum atomic E-state index is -0.0400. The second-order valence-corrected chi connectivity index (χ2v) is 6.58. The molecule has 2 aromatic rings. The number of aromatic nitrogens is 3. The molecule has 0 N–H and O–H groups in total. The highest BCUT2D eigenvalue weighted by atomic mass is 16.2. The summed E-state index contributed by atoms with van der Waals surface area (Å²) in [5.41, 5.74) is 4.13. The Hall–Kier alpha value is -2.50. The van der Waals surface area contributed by atoms with Crippen LogP contribution in [0.15, 0.2) is 18.3 Å². The summed E-state index contributed by atoms with van der Waals surface area (Å²) in [6, 6.07) is 3.95. The van der Waals surface area contributed by atoms with E-state index in [9.17, 15) is 9.59 Å². The van der Waals surface area contributed by atoms with Crippen molar-refractivity contribution >= 4 is 11.7 Å². The Morgan fingerprint density at radius 3 is 2.52 bits per heavy atom. The van der Waals surface area contributed by atoms with E-state index in [-0.39, 0.29) is 24.3 Å². The molecule has 2 heterocycles. The van der Waals surface area contributed by atoms with E-state index in [4.69, 9.17) is 0 Å². The van der Waals surface area contributed by atoms with Gasteiger partial charge in [0, 0.05) is 37.1 Å². The van der Waals surface area contributed by atoms with Crippen LogP contribution in [0.3, 0.4) is 0 Å². The number of Topliss-reactive ketones (excluding diaryl/α,β-unsaturated/α-hetero) is 1. The molecule has 0 fully saturated rings. The molecule has 25 heavy (non-hydrogen) atoms. The molecule has 134 valence electrons. The molecule has 1 amide bonds. The van der Waals surface area contributed by atoms with Gasteiger partial charge in [-0.05, 0) is 46.2 Å². The lowest BCUT2D eigenvalue weighted by molar-refractivity contribution is -0.132. The van der Waals surface area contributed by atoms with Gasteiger partial charge in [-0.25, -0.2) is 0 Å². The Labute approximate surface area is 148 Å². The van der Waals surface area contributed by atoms with E-state index in [0.717, 1.165) is 17.0 Å². The van der Waals surface area contributed by atoms with Crippen LogP contribution >= 0.6 is 0 Å². The van der Waals surface area contributed by atoms with Crippen LogP contribution < -0.4 is 0 Å². The number of hydrogen-bond donors (Lipinski definition) is 0. The van der Waals surface area contributed by atoms with E-state index in [1.54, 1.807) is 29.7 Å². The third kappa shape index (κ3) is 4.13. The molecule has 0 aliphatic heterocycles. The van der Waals surface area contributed by atoms with Gasteiger partial charge in [-0.2, -0.15) is 5.10 Å². The first kappa shape index (κ1) is 18.8. The Morgan fingerprint density at radius 2 is 1.96 bits per heavy atom. The van der Waals surface area contributed by atoms with Gasteiger partial charge in [0.05, 0.1) is 11.3 Å². The highest BCUT2D eigenvalue weighted by molar-refractivity contribution is 5.96. The van der Waals surface area contributed by atoms with Crippen LogP contribution in [0.1, 0.15) is 46.9 Å². The Morgan fingerprint density at radius 1 is 1.28 bits per heavy atom. The first-order valence-electron chi connectivity index (χ1n) is 8.43. The zero-order valence-corrected chi connectivity index (χ0v) is 15.8. The summed E-state index contributed by atoms with van der Waals surface area (Å²) in [4.78, 5) is 30.5. The minimum Gasteiger partial charge on any atom is -0.341 e. The van der Waals surface area contributed by atoms with E-state index >= 15 is 0 Å². The van der Waals surface area contributed by atoms with Crippen molar-refractivity contribution in [2.75, 3.05) is 7.05 Å². The monoisotopic (exact) mass is 342 g/mol. The maximum atomic E-state index is 12.6.